The van der Waals surface area contributed by atoms with Crippen LogP contribution in [0.25, 0.3) is 0 Å². The fraction of sp³-hybridized carbons (Fsp3) is 0.533. The van der Waals surface area contributed by atoms with E-state index in [0.717, 1.165) is 12.8 Å². The van der Waals surface area contributed by atoms with Gasteiger partial charge in [-0.05, 0) is 24.3 Å². The van der Waals surface area contributed by atoms with E-state index in [0.29, 0.717) is 18.3 Å². The van der Waals surface area contributed by atoms with Crippen molar-refractivity contribution in [2.75, 3.05) is 0 Å². The summed E-state index contributed by atoms with van der Waals surface area (Å²) in [6.45, 7) is 10.5. The van der Waals surface area contributed by atoms with Crippen molar-refractivity contribution < 1.29 is 4.79 Å². The first-order chi connectivity index (χ1) is 7.92. The highest BCUT2D eigenvalue weighted by molar-refractivity contribution is 6.83. The van der Waals surface area contributed by atoms with Gasteiger partial charge in [0.2, 0.25) is 0 Å². The summed E-state index contributed by atoms with van der Waals surface area (Å²) in [6.07, 6.45) is 8.13. The largest absolute Gasteiger partial charge is 0.295 e. The molecule has 0 aromatic carbocycles. The second kappa shape index (κ2) is 6.02. The predicted octanol–water partition coefficient (Wildman–Crippen LogP) is 3.59. The van der Waals surface area contributed by atoms with E-state index in [9.17, 15) is 4.79 Å². The molecule has 1 aliphatic rings. The Labute approximate surface area is 106 Å². The fourth-order valence-electron chi connectivity index (χ4n) is 2.00. The van der Waals surface area contributed by atoms with Crippen molar-refractivity contribution in [1.29, 1.82) is 0 Å². The van der Waals surface area contributed by atoms with Crippen LogP contribution in [0.4, 0.5) is 0 Å². The van der Waals surface area contributed by atoms with E-state index in [2.05, 4.69) is 37.7 Å². The minimum Gasteiger partial charge on any atom is -0.295 e. The fourth-order valence-corrected chi connectivity index (χ4v) is 2.63. The summed E-state index contributed by atoms with van der Waals surface area (Å²) >= 11 is 0. The minimum absolute atomic E-state index is 0.241. The zero-order valence-electron chi connectivity index (χ0n) is 11.1. The minimum atomic E-state index is -1.28. The van der Waals surface area contributed by atoms with Gasteiger partial charge in [0.1, 0.15) is 8.07 Å². The average Bonchev–Trinajstić information content (AvgIpc) is 2.20. The first-order valence-corrected chi connectivity index (χ1v) is 9.74. The third kappa shape index (κ3) is 5.19. The zero-order valence-corrected chi connectivity index (χ0v) is 12.1. The molecule has 92 valence electrons. The van der Waals surface area contributed by atoms with Gasteiger partial charge in [-0.25, -0.2) is 0 Å². The van der Waals surface area contributed by atoms with Crippen LogP contribution in [0.5, 0.6) is 0 Å². The lowest BCUT2D eigenvalue weighted by molar-refractivity contribution is -0.116. The second-order valence-corrected chi connectivity index (χ2v) is 10.5. The average molecular weight is 246 g/mol. The molecule has 0 radical (unpaired) electrons. The Hall–Kier alpha value is -1.07. The molecule has 1 rings (SSSR count). The Morgan fingerprint density at radius 1 is 1.53 bits per heavy atom. The Kier molecular flexibility index (Phi) is 4.96. The molecule has 1 aliphatic carbocycles. The van der Waals surface area contributed by atoms with Gasteiger partial charge in [-0.3, -0.25) is 4.79 Å². The molecule has 0 fully saturated rings. The summed E-state index contributed by atoms with van der Waals surface area (Å²) in [5.74, 6) is 4.37. The number of carbonyl (C=O) groups excluding carboxylic acids is 1. The van der Waals surface area contributed by atoms with Gasteiger partial charge < -0.3 is 0 Å². The monoisotopic (exact) mass is 246 g/mol. The van der Waals surface area contributed by atoms with Crippen LogP contribution < -0.4 is 0 Å². The van der Waals surface area contributed by atoms with E-state index in [-0.39, 0.29) is 5.78 Å². The molecular formula is C15H22OSi. The molecule has 0 bridgehead atoms. The van der Waals surface area contributed by atoms with Crippen molar-refractivity contribution in [2.24, 2.45) is 11.8 Å². The van der Waals surface area contributed by atoms with Gasteiger partial charge in [0, 0.05) is 12.8 Å². The van der Waals surface area contributed by atoms with Crippen LogP contribution in [-0.2, 0) is 4.79 Å². The van der Waals surface area contributed by atoms with Crippen molar-refractivity contribution >= 4 is 13.9 Å². The molecule has 2 heteroatoms. The lowest BCUT2D eigenvalue weighted by atomic mass is 9.80. The van der Waals surface area contributed by atoms with Gasteiger partial charge in [0.25, 0.3) is 0 Å². The quantitative estimate of drug-likeness (QED) is 0.422. The van der Waals surface area contributed by atoms with Crippen LogP contribution in [0.2, 0.25) is 19.6 Å². The molecule has 17 heavy (non-hydrogen) atoms. The van der Waals surface area contributed by atoms with Crippen LogP contribution in [0.15, 0.2) is 24.8 Å². The Morgan fingerprint density at radius 2 is 2.24 bits per heavy atom. The van der Waals surface area contributed by atoms with Crippen molar-refractivity contribution in [3.05, 3.63) is 24.8 Å². The highest BCUT2D eigenvalue weighted by Gasteiger charge is 2.23. The number of allylic oxidation sites excluding steroid dienone is 3. The molecule has 0 spiro atoms. The van der Waals surface area contributed by atoms with Gasteiger partial charge in [-0.15, -0.1) is 18.0 Å². The molecule has 0 N–H and O–H groups in total. The molecule has 0 heterocycles. The lowest BCUT2D eigenvalue weighted by Gasteiger charge is -2.24. The molecule has 0 saturated heterocycles. The summed E-state index contributed by atoms with van der Waals surface area (Å²) in [5, 5.41) is 0. The first-order valence-electron chi connectivity index (χ1n) is 6.24. The summed E-state index contributed by atoms with van der Waals surface area (Å²) < 4.78 is 0. The van der Waals surface area contributed by atoms with Gasteiger partial charge in [0.05, 0.1) is 0 Å². The smallest absolute Gasteiger partial charge is 0.155 e. The molecule has 0 aromatic rings. The van der Waals surface area contributed by atoms with E-state index in [4.69, 9.17) is 0 Å². The first kappa shape index (κ1) is 14.0. The molecule has 0 unspecified atom stereocenters. The van der Waals surface area contributed by atoms with Crippen molar-refractivity contribution in [2.45, 2.75) is 38.9 Å². The number of ketones is 1. The molecule has 1 nitrogen and oxygen atoms in total. The number of hydrogen-bond acceptors (Lipinski definition) is 1. The highest BCUT2D eigenvalue weighted by atomic mass is 28.3. The summed E-state index contributed by atoms with van der Waals surface area (Å²) in [6, 6.07) is 0. The second-order valence-electron chi connectivity index (χ2n) is 5.73. The Balaban J connectivity index is 2.66. The van der Waals surface area contributed by atoms with E-state index in [1.807, 2.05) is 12.2 Å². The maximum absolute atomic E-state index is 11.4. The lowest BCUT2D eigenvalue weighted by Crippen LogP contribution is -2.21. The Morgan fingerprint density at radius 3 is 2.82 bits per heavy atom. The third-order valence-electron chi connectivity index (χ3n) is 2.86. The Bertz CT molecular complexity index is 376. The van der Waals surface area contributed by atoms with Gasteiger partial charge in [-0.1, -0.05) is 31.8 Å². The topological polar surface area (TPSA) is 17.1 Å². The molecule has 0 aliphatic heterocycles. The van der Waals surface area contributed by atoms with E-state index in [1.54, 1.807) is 6.08 Å². The van der Waals surface area contributed by atoms with Crippen LogP contribution in [0, 0.1) is 23.3 Å². The van der Waals surface area contributed by atoms with E-state index in [1.165, 1.54) is 0 Å². The molecular weight excluding hydrogens is 224 g/mol. The summed E-state index contributed by atoms with van der Waals surface area (Å²) in [7, 11) is -1.28. The normalized spacial score (nSPS) is 24.1. The van der Waals surface area contributed by atoms with Gasteiger partial charge in [-0.2, -0.15) is 0 Å². The van der Waals surface area contributed by atoms with Crippen LogP contribution in [-0.4, -0.2) is 13.9 Å². The van der Waals surface area contributed by atoms with Crippen LogP contribution in [0.1, 0.15) is 19.3 Å². The standard InChI is InChI=1S/C15H22OSi/c1-5-7-13-9-10-15(16)12-14(13)8-6-11-17(2,3)4/h5,9-10,13-14H,1,7-8,12H2,2-4H3/t13-,14-/m0/s1. The van der Waals surface area contributed by atoms with Crippen molar-refractivity contribution in [3.8, 4) is 11.5 Å². The van der Waals surface area contributed by atoms with Crippen LogP contribution >= 0.6 is 0 Å². The molecule has 0 saturated carbocycles. The van der Waals surface area contributed by atoms with E-state index < -0.39 is 8.07 Å². The maximum Gasteiger partial charge on any atom is 0.155 e. The SMILES string of the molecule is C=CC[C@H]1C=CC(=O)C[C@@H]1CC#C[Si](C)(C)C. The number of hydrogen-bond donors (Lipinski definition) is 0. The van der Waals surface area contributed by atoms with Crippen molar-refractivity contribution in [1.82, 2.24) is 0 Å². The maximum atomic E-state index is 11.4. The third-order valence-corrected chi connectivity index (χ3v) is 3.79. The number of rotatable bonds is 3. The molecule has 2 atom stereocenters. The zero-order chi connectivity index (χ0) is 12.9. The molecule has 0 amide bonds. The highest BCUT2D eigenvalue weighted by Crippen LogP contribution is 2.28. The van der Waals surface area contributed by atoms with Gasteiger partial charge >= 0.3 is 0 Å². The predicted molar refractivity (Wildman–Crippen MR) is 76.3 cm³/mol. The summed E-state index contributed by atoms with van der Waals surface area (Å²) in [5.41, 5.74) is 3.37. The summed E-state index contributed by atoms with van der Waals surface area (Å²) in [4.78, 5) is 11.4. The van der Waals surface area contributed by atoms with E-state index >= 15 is 0 Å². The van der Waals surface area contributed by atoms with Gasteiger partial charge in [0.15, 0.2) is 5.78 Å². The number of carbonyl (C=O) groups is 1. The van der Waals surface area contributed by atoms with Crippen molar-refractivity contribution in [3.63, 3.8) is 0 Å². The van der Waals surface area contributed by atoms with Crippen LogP contribution in [0.3, 0.4) is 0 Å². The molecule has 0 aromatic heterocycles.